The lowest BCUT2D eigenvalue weighted by Crippen LogP contribution is -2.49. The van der Waals surface area contributed by atoms with E-state index in [4.69, 9.17) is 14.6 Å². The van der Waals surface area contributed by atoms with E-state index in [1.807, 2.05) is 6.08 Å². The summed E-state index contributed by atoms with van der Waals surface area (Å²) in [5.74, 6) is -0.863. The molecule has 6 heteroatoms. The molecule has 2 fully saturated rings. The van der Waals surface area contributed by atoms with Crippen molar-refractivity contribution in [2.45, 2.75) is 58.5 Å². The molecule has 6 atom stereocenters. The number of carbonyl (C=O) groups is 3. The summed E-state index contributed by atoms with van der Waals surface area (Å²) in [5.41, 5.74) is 1.78. The molecule has 0 aromatic carbocycles. The fourth-order valence-electron chi connectivity index (χ4n) is 6.41. The number of carbonyl (C=O) groups excluding carboxylic acids is 3. The zero-order valence-electron chi connectivity index (χ0n) is 17.4. The third-order valence-corrected chi connectivity index (χ3v) is 8.10. The Kier molecular flexibility index (Phi) is 4.96. The maximum atomic E-state index is 12.8. The minimum atomic E-state index is -0.626. The minimum absolute atomic E-state index is 0.0158. The molecule has 0 amide bonds. The Morgan fingerprint density at radius 2 is 2.03 bits per heavy atom. The standard InChI is InChI=1S/C23H30O6/c1-22-8-6-14(29-19(26)12-24)10-13(22)11-15(21(27)28-3)20-16-4-5-18(25)23(16,2)9-7-17(20)22/h7,11,14-16,20,24H,4-6,8-10,12H2,1-3H3/t14-,15+,16-,20-,22-,23-/m0/s1. The summed E-state index contributed by atoms with van der Waals surface area (Å²) < 4.78 is 10.5. The van der Waals surface area contributed by atoms with Gasteiger partial charge in [-0.3, -0.25) is 9.59 Å². The van der Waals surface area contributed by atoms with Gasteiger partial charge in [-0.05, 0) is 31.6 Å². The molecule has 0 aromatic heterocycles. The number of aliphatic hydroxyl groups is 1. The number of esters is 2. The molecule has 0 aliphatic heterocycles. The van der Waals surface area contributed by atoms with Crippen molar-refractivity contribution in [2.75, 3.05) is 13.7 Å². The van der Waals surface area contributed by atoms with Gasteiger partial charge >= 0.3 is 11.9 Å². The largest absolute Gasteiger partial charge is 0.469 e. The highest BCUT2D eigenvalue weighted by Crippen LogP contribution is 2.63. The van der Waals surface area contributed by atoms with Gasteiger partial charge in [-0.2, -0.15) is 0 Å². The maximum absolute atomic E-state index is 12.8. The van der Waals surface area contributed by atoms with Gasteiger partial charge in [0.05, 0.1) is 13.0 Å². The van der Waals surface area contributed by atoms with E-state index in [1.165, 1.54) is 12.7 Å². The van der Waals surface area contributed by atoms with Crippen LogP contribution in [0.4, 0.5) is 0 Å². The van der Waals surface area contributed by atoms with Gasteiger partial charge in [0, 0.05) is 29.6 Å². The summed E-state index contributed by atoms with van der Waals surface area (Å²) in [4.78, 5) is 37.0. The van der Waals surface area contributed by atoms with Crippen molar-refractivity contribution in [2.24, 2.45) is 28.6 Å². The van der Waals surface area contributed by atoms with E-state index in [0.29, 0.717) is 25.0 Å². The van der Waals surface area contributed by atoms with Crippen LogP contribution in [0.15, 0.2) is 23.3 Å². The number of ether oxygens (including phenoxy) is 2. The maximum Gasteiger partial charge on any atom is 0.332 e. The van der Waals surface area contributed by atoms with E-state index in [0.717, 1.165) is 24.8 Å². The predicted molar refractivity (Wildman–Crippen MR) is 105 cm³/mol. The van der Waals surface area contributed by atoms with Crippen LogP contribution >= 0.6 is 0 Å². The number of aliphatic hydroxyl groups excluding tert-OH is 1. The van der Waals surface area contributed by atoms with E-state index in [9.17, 15) is 14.4 Å². The Morgan fingerprint density at radius 1 is 1.28 bits per heavy atom. The SMILES string of the molecule is COC(=O)[C@@H]1C=C2C[C@@H](OC(=O)CO)CC[C@]2(C)C2=CC[C@]3(C)C(=O)CC[C@H]3[C@@H]21. The first kappa shape index (κ1) is 20.3. The lowest BCUT2D eigenvalue weighted by molar-refractivity contribution is -0.154. The van der Waals surface area contributed by atoms with Crippen molar-refractivity contribution >= 4 is 17.7 Å². The van der Waals surface area contributed by atoms with Crippen LogP contribution in [0.25, 0.3) is 0 Å². The molecule has 2 saturated carbocycles. The van der Waals surface area contributed by atoms with Gasteiger partial charge in [-0.1, -0.05) is 37.1 Å². The molecule has 4 aliphatic rings. The van der Waals surface area contributed by atoms with Gasteiger partial charge in [0.2, 0.25) is 0 Å². The number of allylic oxidation sites excluding steroid dienone is 2. The molecule has 0 radical (unpaired) electrons. The molecule has 0 heterocycles. The summed E-state index contributed by atoms with van der Waals surface area (Å²) in [6.07, 6.45) is 8.17. The highest BCUT2D eigenvalue weighted by atomic mass is 16.6. The van der Waals surface area contributed by atoms with Crippen LogP contribution in [0.2, 0.25) is 0 Å². The zero-order chi connectivity index (χ0) is 21.0. The average molecular weight is 402 g/mol. The first-order valence-corrected chi connectivity index (χ1v) is 10.6. The Morgan fingerprint density at radius 3 is 2.72 bits per heavy atom. The summed E-state index contributed by atoms with van der Waals surface area (Å²) >= 11 is 0. The fraction of sp³-hybridized carbons (Fsp3) is 0.696. The van der Waals surface area contributed by atoms with E-state index < -0.39 is 23.9 Å². The monoisotopic (exact) mass is 402 g/mol. The molecule has 1 N–H and O–H groups in total. The number of rotatable bonds is 3. The molecule has 0 aromatic rings. The second-order valence-electron chi connectivity index (χ2n) is 9.46. The number of hydrogen-bond acceptors (Lipinski definition) is 6. The number of hydrogen-bond donors (Lipinski definition) is 1. The number of methoxy groups -OCH3 is 1. The van der Waals surface area contributed by atoms with E-state index in [1.54, 1.807) is 0 Å². The summed E-state index contributed by atoms with van der Waals surface area (Å²) in [5, 5.41) is 9.00. The molecule has 0 unspecified atom stereocenters. The van der Waals surface area contributed by atoms with Crippen molar-refractivity contribution in [3.8, 4) is 0 Å². The average Bonchev–Trinajstić information content (AvgIpc) is 3.02. The predicted octanol–water partition coefficient (Wildman–Crippen LogP) is 2.74. The van der Waals surface area contributed by atoms with Gasteiger partial charge in [-0.15, -0.1) is 0 Å². The lowest BCUT2D eigenvalue weighted by atomic mass is 9.50. The topological polar surface area (TPSA) is 89.9 Å². The Balaban J connectivity index is 1.74. The van der Waals surface area contributed by atoms with Gasteiger partial charge in [0.1, 0.15) is 18.5 Å². The molecule has 6 nitrogen and oxygen atoms in total. The molecule has 158 valence electrons. The third-order valence-electron chi connectivity index (χ3n) is 8.10. The fourth-order valence-corrected chi connectivity index (χ4v) is 6.41. The van der Waals surface area contributed by atoms with Crippen molar-refractivity contribution in [1.82, 2.24) is 0 Å². The first-order chi connectivity index (χ1) is 13.7. The van der Waals surface area contributed by atoms with Crippen molar-refractivity contribution in [1.29, 1.82) is 0 Å². The normalized spacial score (nSPS) is 40.8. The quantitative estimate of drug-likeness (QED) is 0.577. The molecule has 0 spiro atoms. The molecule has 0 saturated heterocycles. The number of Topliss-reactive ketones (excluding diaryl/α,β-unsaturated/α-hetero) is 1. The molecule has 29 heavy (non-hydrogen) atoms. The van der Waals surface area contributed by atoms with Gasteiger partial charge in [0.25, 0.3) is 0 Å². The van der Waals surface area contributed by atoms with Gasteiger partial charge in [-0.25, -0.2) is 4.79 Å². The van der Waals surface area contributed by atoms with E-state index in [-0.39, 0.29) is 29.3 Å². The van der Waals surface area contributed by atoms with Gasteiger partial charge in [0.15, 0.2) is 0 Å². The van der Waals surface area contributed by atoms with Crippen LogP contribution in [0.3, 0.4) is 0 Å². The molecule has 4 rings (SSSR count). The molecule has 0 bridgehead atoms. The minimum Gasteiger partial charge on any atom is -0.469 e. The lowest BCUT2D eigenvalue weighted by Gasteiger charge is -2.54. The smallest absolute Gasteiger partial charge is 0.332 e. The summed E-state index contributed by atoms with van der Waals surface area (Å²) in [6.45, 7) is 3.65. The third kappa shape index (κ3) is 2.98. The van der Waals surface area contributed by atoms with Crippen molar-refractivity contribution in [3.05, 3.63) is 23.3 Å². The Labute approximate surface area is 171 Å². The molecule has 4 aliphatic carbocycles. The van der Waals surface area contributed by atoms with Crippen LogP contribution in [0.1, 0.15) is 52.4 Å². The highest BCUT2D eigenvalue weighted by molar-refractivity contribution is 5.88. The zero-order valence-corrected chi connectivity index (χ0v) is 17.4. The molecular formula is C23H30O6. The number of ketones is 1. The summed E-state index contributed by atoms with van der Waals surface area (Å²) in [6, 6.07) is 0. The second kappa shape index (κ2) is 7.08. The Hall–Kier alpha value is -1.95. The van der Waals surface area contributed by atoms with Crippen LogP contribution < -0.4 is 0 Å². The first-order valence-electron chi connectivity index (χ1n) is 10.6. The highest BCUT2D eigenvalue weighted by Gasteiger charge is 2.59. The molecular weight excluding hydrogens is 372 g/mol. The van der Waals surface area contributed by atoms with Crippen LogP contribution in [0, 0.1) is 28.6 Å². The van der Waals surface area contributed by atoms with Crippen molar-refractivity contribution < 1.29 is 29.0 Å². The Bertz CT molecular complexity index is 810. The summed E-state index contributed by atoms with van der Waals surface area (Å²) in [7, 11) is 1.41. The second-order valence-corrected chi connectivity index (χ2v) is 9.46. The van der Waals surface area contributed by atoms with Crippen LogP contribution in [0.5, 0.6) is 0 Å². The van der Waals surface area contributed by atoms with E-state index >= 15 is 0 Å². The van der Waals surface area contributed by atoms with Gasteiger partial charge < -0.3 is 14.6 Å². The van der Waals surface area contributed by atoms with Crippen LogP contribution in [-0.2, 0) is 23.9 Å². The van der Waals surface area contributed by atoms with Crippen molar-refractivity contribution in [3.63, 3.8) is 0 Å². The number of fused-ring (bicyclic) bond motifs is 5. The van der Waals surface area contributed by atoms with E-state index in [2.05, 4.69) is 19.9 Å². The van der Waals surface area contributed by atoms with Crippen LogP contribution in [-0.4, -0.2) is 42.6 Å².